The molecule has 16 nitrogen and oxygen atoms in total. The molecule has 0 aliphatic heterocycles. The maximum Gasteiger partial charge on any atom is 0.295 e. The van der Waals surface area contributed by atoms with Gasteiger partial charge in [0.2, 0.25) is 17.7 Å². The van der Waals surface area contributed by atoms with Crippen LogP contribution in [0.25, 0.3) is 156 Å². The molecule has 0 saturated carbocycles. The summed E-state index contributed by atoms with van der Waals surface area (Å²) in [6, 6.07) is 76.7. The van der Waals surface area contributed by atoms with E-state index in [1.165, 1.54) is 94.1 Å². The lowest BCUT2D eigenvalue weighted by atomic mass is 9.97. The van der Waals surface area contributed by atoms with E-state index in [0.717, 1.165) is 102 Å². The fraction of sp³-hybridized carbons (Fsp3) is 0.265. The van der Waals surface area contributed by atoms with Gasteiger partial charge in [-0.25, -0.2) is 47.3 Å². The number of imidazole rings is 4. The molecular formula is C98H102N12O4+4. The molecule has 0 atom stereocenters. The summed E-state index contributed by atoms with van der Waals surface area (Å²) in [4.78, 5) is 18.7. The van der Waals surface area contributed by atoms with Crippen molar-refractivity contribution in [2.75, 3.05) is 0 Å². The number of benzene rings is 11. The fourth-order valence-electron chi connectivity index (χ4n) is 16.2. The molecule has 0 amide bonds. The number of para-hydroxylation sites is 9. The molecule has 0 fully saturated rings. The summed E-state index contributed by atoms with van der Waals surface area (Å²) >= 11 is 0. The van der Waals surface area contributed by atoms with Gasteiger partial charge < -0.3 is 17.7 Å². The van der Waals surface area contributed by atoms with Gasteiger partial charge in [-0.3, -0.25) is 0 Å². The molecule has 0 aliphatic rings. The molecule has 0 aliphatic carbocycles. The third-order valence-corrected chi connectivity index (χ3v) is 21.9. The number of rotatable bonds is 6. The number of aromatic nitrogens is 12. The second-order valence-electron chi connectivity index (χ2n) is 34.6. The van der Waals surface area contributed by atoms with E-state index in [-0.39, 0.29) is 21.8 Å². The average Bonchev–Trinajstić information content (AvgIpc) is 1.59. The third kappa shape index (κ3) is 13.4. The van der Waals surface area contributed by atoms with Gasteiger partial charge in [-0.05, 0) is 191 Å². The number of aryl methyl sites for hydroxylation is 10. The maximum absolute atomic E-state index is 6.18. The van der Waals surface area contributed by atoms with Crippen LogP contribution >= 0.6 is 0 Å². The SMILES string of the molecule is Cc1cc2nc(C(C)(C)C)oc2cc1-c1n(-c2ccccc2)c2ccccc2[n+]1C.Cc1cc2nc(C(C)(C)C)oc2cc1-c1n(C(C)(C)C)c2ccccc2[n+]1C.Cc1cc2nc(C(C)(C)C)oc2cc1-c1n(C)c2ccccc2[n+]1C.Cc1nc2cc(C)c(-c3n(-c4cccc5ccccc45)c4ccccc4[n+]3C)cc2o1. The van der Waals surface area contributed by atoms with Crippen LogP contribution in [-0.4, -0.2) is 38.2 Å². The first-order valence-electron chi connectivity index (χ1n) is 39.3. The van der Waals surface area contributed by atoms with E-state index in [2.05, 4.69) is 411 Å². The zero-order chi connectivity index (χ0) is 80.5. The van der Waals surface area contributed by atoms with E-state index in [0.29, 0.717) is 5.89 Å². The summed E-state index contributed by atoms with van der Waals surface area (Å²) in [6.07, 6.45) is 0. The highest BCUT2D eigenvalue weighted by molar-refractivity contribution is 5.95. The quantitative estimate of drug-likeness (QED) is 0.150. The maximum atomic E-state index is 6.18. The molecule has 0 unspecified atom stereocenters. The van der Waals surface area contributed by atoms with Crippen LogP contribution in [0.3, 0.4) is 0 Å². The van der Waals surface area contributed by atoms with Crippen LogP contribution in [0, 0.1) is 34.6 Å². The molecule has 114 heavy (non-hydrogen) atoms. The minimum atomic E-state index is -0.128. The van der Waals surface area contributed by atoms with Gasteiger partial charge in [-0.1, -0.05) is 165 Å². The standard InChI is InChI=1S/C27H22N3O.C26H26N3O.C24H30N3O.C21H24N3O/c1-17-15-22-26(31-18(2)28-22)16-21(17)27-29(3)24-12-6-7-13-25(24)30(27)23-14-8-10-19-9-4-5-11-20(19)23;1-17-15-20-23(30-25(27-20)26(2,3)4)16-19(17)24-28(5)21-13-9-10-14-22(21)29(24)18-11-7-6-8-12-18;1-15-13-17-20(28-22(25-17)23(2,3)4)14-16(15)21-26(8)18-11-9-10-12-19(18)27(21)24(5,6)7;1-13-11-15-18(25-20(22-15)21(2,3)4)12-14(13)19-23(5)16-9-7-8-10-17(16)24(19)6/h4-16H,1-3H3;6-16H,1-5H3;9-14H,1-8H3;7-12H,1-6H3/q4*+1. The highest BCUT2D eigenvalue weighted by atomic mass is 16.4. The summed E-state index contributed by atoms with van der Waals surface area (Å²) in [5, 5.41) is 2.45. The summed E-state index contributed by atoms with van der Waals surface area (Å²) < 4.78 is 42.7. The van der Waals surface area contributed by atoms with Gasteiger partial charge in [0.1, 0.15) is 39.0 Å². The Morgan fingerprint density at radius 2 is 0.658 bits per heavy atom. The first kappa shape index (κ1) is 75.5. The molecule has 574 valence electrons. The van der Waals surface area contributed by atoms with Crippen molar-refractivity contribution in [2.24, 2.45) is 35.2 Å². The van der Waals surface area contributed by atoms with E-state index >= 15 is 0 Å². The van der Waals surface area contributed by atoms with Crippen LogP contribution < -0.4 is 18.3 Å². The Morgan fingerprint density at radius 1 is 0.316 bits per heavy atom. The second kappa shape index (κ2) is 28.3. The molecule has 11 aromatic carbocycles. The predicted octanol–water partition coefficient (Wildman–Crippen LogP) is 22.0. The smallest absolute Gasteiger partial charge is 0.295 e. The summed E-state index contributed by atoms with van der Waals surface area (Å²) in [5.74, 6) is 7.59. The second-order valence-corrected chi connectivity index (χ2v) is 34.6. The first-order chi connectivity index (χ1) is 54.2. The predicted molar refractivity (Wildman–Crippen MR) is 460 cm³/mol. The first-order valence-corrected chi connectivity index (χ1v) is 39.3. The molecule has 8 heterocycles. The number of fused-ring (bicyclic) bond motifs is 9. The van der Waals surface area contributed by atoms with Gasteiger partial charge >= 0.3 is 0 Å². The lowest BCUT2D eigenvalue weighted by Gasteiger charge is -2.18. The van der Waals surface area contributed by atoms with Crippen molar-refractivity contribution >= 4 is 99.3 Å². The van der Waals surface area contributed by atoms with Gasteiger partial charge in [-0.2, -0.15) is 9.13 Å². The van der Waals surface area contributed by atoms with Crippen LogP contribution in [0.15, 0.2) is 236 Å². The highest BCUT2D eigenvalue weighted by Crippen LogP contribution is 2.40. The molecule has 0 radical (unpaired) electrons. The zero-order valence-corrected chi connectivity index (χ0v) is 69.8. The topological polar surface area (TPSA) is 139 Å². The zero-order valence-electron chi connectivity index (χ0n) is 69.8. The van der Waals surface area contributed by atoms with Crippen LogP contribution in [0.4, 0.5) is 0 Å². The summed E-state index contributed by atoms with van der Waals surface area (Å²) in [5.41, 5.74) is 27.8. The minimum Gasteiger partial charge on any atom is -0.441 e. The van der Waals surface area contributed by atoms with Crippen molar-refractivity contribution < 1.29 is 35.9 Å². The van der Waals surface area contributed by atoms with E-state index in [9.17, 15) is 0 Å². The van der Waals surface area contributed by atoms with Gasteiger partial charge in [0.05, 0.1) is 57.5 Å². The molecule has 0 spiro atoms. The highest BCUT2D eigenvalue weighted by Gasteiger charge is 2.36. The van der Waals surface area contributed by atoms with Crippen molar-refractivity contribution in [1.29, 1.82) is 0 Å². The number of nitrogens with zero attached hydrogens (tertiary/aromatic N) is 12. The van der Waals surface area contributed by atoms with E-state index in [1.54, 1.807) is 0 Å². The van der Waals surface area contributed by atoms with Crippen LogP contribution in [0.5, 0.6) is 0 Å². The van der Waals surface area contributed by atoms with Crippen molar-refractivity contribution in [3.05, 3.63) is 264 Å². The van der Waals surface area contributed by atoms with Gasteiger partial charge in [0, 0.05) is 28.6 Å². The van der Waals surface area contributed by atoms with Crippen LogP contribution in [-0.2, 0) is 57.0 Å². The van der Waals surface area contributed by atoms with Crippen molar-refractivity contribution in [3.8, 4) is 56.9 Å². The monoisotopic (exact) mass is 1510 g/mol. The van der Waals surface area contributed by atoms with E-state index in [4.69, 9.17) is 27.6 Å². The molecule has 19 aromatic rings. The third-order valence-electron chi connectivity index (χ3n) is 21.9. The number of hydrogen-bond donors (Lipinski definition) is 0. The minimum absolute atomic E-state index is 0.0599. The lowest BCUT2D eigenvalue weighted by molar-refractivity contribution is -0.634. The van der Waals surface area contributed by atoms with Gasteiger partial charge in [-0.15, -0.1) is 0 Å². The Labute approximate surface area is 665 Å². The fourth-order valence-corrected chi connectivity index (χ4v) is 16.2. The van der Waals surface area contributed by atoms with Crippen LogP contribution in [0.2, 0.25) is 0 Å². The molecular weight excluding hydrogens is 1410 g/mol. The Morgan fingerprint density at radius 3 is 1.12 bits per heavy atom. The molecule has 19 rings (SSSR count). The van der Waals surface area contributed by atoms with Crippen molar-refractivity contribution in [3.63, 3.8) is 0 Å². The Balaban J connectivity index is 0.000000115. The number of hydrogen-bond acceptors (Lipinski definition) is 8. The largest absolute Gasteiger partial charge is 0.441 e. The molecule has 8 aromatic heterocycles. The lowest BCUT2D eigenvalue weighted by Crippen LogP contribution is -2.33. The molecule has 16 heteroatoms. The van der Waals surface area contributed by atoms with Gasteiger partial charge in [0.25, 0.3) is 23.3 Å². The Kier molecular flexibility index (Phi) is 18.7. The van der Waals surface area contributed by atoms with Crippen molar-refractivity contribution in [1.82, 2.24) is 38.2 Å². The van der Waals surface area contributed by atoms with E-state index < -0.39 is 0 Å². The average molecular weight is 1510 g/mol. The molecule has 0 N–H and O–H groups in total. The van der Waals surface area contributed by atoms with Gasteiger partial charge in [0.15, 0.2) is 72.4 Å². The van der Waals surface area contributed by atoms with Crippen molar-refractivity contribution in [2.45, 2.75) is 139 Å². The number of oxazole rings is 4. The normalized spacial score (nSPS) is 12.3. The van der Waals surface area contributed by atoms with E-state index in [1.807, 2.05) is 6.92 Å². The van der Waals surface area contributed by atoms with Crippen LogP contribution in [0.1, 0.15) is 129 Å². The molecule has 0 saturated heterocycles. The Hall–Kier alpha value is -12.6. The summed E-state index contributed by atoms with van der Waals surface area (Å²) in [6.45, 7) is 36.3. The molecule has 0 bridgehead atoms. The Bertz CT molecular complexity index is 6930. The summed E-state index contributed by atoms with van der Waals surface area (Å²) in [7, 11) is 10.6.